The minimum atomic E-state index is -1.13. The van der Waals surface area contributed by atoms with Crippen LogP contribution in [0.2, 0.25) is 5.02 Å². The van der Waals surface area contributed by atoms with Gasteiger partial charge in [-0.05, 0) is 35.4 Å². The number of benzene rings is 2. The molecular weight excluding hydrogens is 456 g/mol. The molecule has 0 saturated carbocycles. The molecule has 4 rings (SSSR count). The topological polar surface area (TPSA) is 86.7 Å². The van der Waals surface area contributed by atoms with E-state index >= 15 is 0 Å². The Bertz CT molecular complexity index is 1040. The molecule has 1 saturated heterocycles. The van der Waals surface area contributed by atoms with Crippen LogP contribution in [0, 0.1) is 0 Å². The summed E-state index contributed by atoms with van der Waals surface area (Å²) in [6, 6.07) is 15.9. The molecule has 2 heterocycles. The number of carbonyl (C=O) groups is 3. The van der Waals surface area contributed by atoms with Crippen LogP contribution in [0.1, 0.15) is 5.56 Å². The normalized spacial score (nSPS) is 20.2. The Balaban J connectivity index is 1.43. The van der Waals surface area contributed by atoms with Gasteiger partial charge in [-0.2, -0.15) is 0 Å². The zero-order valence-electron chi connectivity index (χ0n) is 16.3. The Morgan fingerprint density at radius 2 is 1.87 bits per heavy atom. The number of carboxylic acids is 1. The zero-order valence-corrected chi connectivity index (χ0v) is 18.7. The molecule has 2 atom stereocenters. The maximum Gasteiger partial charge on any atom is 0.352 e. The summed E-state index contributed by atoms with van der Waals surface area (Å²) in [7, 11) is 0. The molecule has 2 aliphatic heterocycles. The second-order valence-corrected chi connectivity index (χ2v) is 9.71. The first-order chi connectivity index (χ1) is 14.9. The molecule has 2 aliphatic rings. The smallest absolute Gasteiger partial charge is 0.352 e. The molecule has 31 heavy (non-hydrogen) atoms. The summed E-state index contributed by atoms with van der Waals surface area (Å²) in [5, 5.41) is 12.8. The average Bonchev–Trinajstić information content (AvgIpc) is 2.77. The molecule has 0 radical (unpaired) electrons. The summed E-state index contributed by atoms with van der Waals surface area (Å²) in [5.41, 5.74) is 1.58. The number of rotatable bonds is 7. The number of fused-ring (bicyclic) bond motifs is 1. The Hall–Kier alpha value is -2.42. The molecule has 0 spiro atoms. The van der Waals surface area contributed by atoms with Crippen molar-refractivity contribution in [1.82, 2.24) is 10.2 Å². The second-order valence-electron chi connectivity index (χ2n) is 7.12. The molecule has 2 aromatic rings. The van der Waals surface area contributed by atoms with Crippen molar-refractivity contribution < 1.29 is 19.5 Å². The first-order valence-electron chi connectivity index (χ1n) is 9.55. The van der Waals surface area contributed by atoms with Crippen LogP contribution in [-0.4, -0.2) is 50.7 Å². The second kappa shape index (κ2) is 9.38. The lowest BCUT2D eigenvalue weighted by Crippen LogP contribution is -2.70. The average molecular weight is 475 g/mol. The Labute approximate surface area is 193 Å². The zero-order chi connectivity index (χ0) is 22.0. The van der Waals surface area contributed by atoms with Gasteiger partial charge in [0.2, 0.25) is 5.91 Å². The molecule has 0 aromatic heterocycles. The maximum absolute atomic E-state index is 12.7. The number of carbonyl (C=O) groups excluding carboxylic acids is 2. The fourth-order valence-corrected chi connectivity index (χ4v) is 6.01. The van der Waals surface area contributed by atoms with Gasteiger partial charge in [0.25, 0.3) is 5.91 Å². The highest BCUT2D eigenvalue weighted by molar-refractivity contribution is 8.01. The predicted molar refractivity (Wildman–Crippen MR) is 122 cm³/mol. The molecule has 6 nitrogen and oxygen atoms in total. The highest BCUT2D eigenvalue weighted by Gasteiger charge is 2.54. The van der Waals surface area contributed by atoms with Crippen molar-refractivity contribution in [3.05, 3.63) is 76.5 Å². The van der Waals surface area contributed by atoms with Crippen molar-refractivity contribution in [2.75, 3.05) is 11.5 Å². The molecule has 2 aromatic carbocycles. The van der Waals surface area contributed by atoms with Crippen molar-refractivity contribution in [3.8, 4) is 0 Å². The largest absolute Gasteiger partial charge is 0.477 e. The van der Waals surface area contributed by atoms with Crippen molar-refractivity contribution in [1.29, 1.82) is 0 Å². The Morgan fingerprint density at radius 3 is 2.55 bits per heavy atom. The first-order valence-corrected chi connectivity index (χ1v) is 12.0. The minimum Gasteiger partial charge on any atom is -0.477 e. The number of hydrogen-bond acceptors (Lipinski definition) is 5. The van der Waals surface area contributed by atoms with Crippen LogP contribution in [-0.2, 0) is 20.8 Å². The highest BCUT2D eigenvalue weighted by Crippen LogP contribution is 2.41. The third kappa shape index (κ3) is 4.76. The van der Waals surface area contributed by atoms with Gasteiger partial charge in [0, 0.05) is 21.4 Å². The molecule has 0 aliphatic carbocycles. The lowest BCUT2D eigenvalue weighted by atomic mass is 10.0. The van der Waals surface area contributed by atoms with Gasteiger partial charge < -0.3 is 10.4 Å². The number of amides is 2. The third-order valence-electron chi connectivity index (χ3n) is 5.00. The fourth-order valence-electron chi connectivity index (χ4n) is 3.50. The van der Waals surface area contributed by atoms with Crippen molar-refractivity contribution in [2.45, 2.75) is 22.7 Å². The number of nitrogens with one attached hydrogen (secondary N) is 1. The van der Waals surface area contributed by atoms with Crippen LogP contribution in [0.25, 0.3) is 0 Å². The van der Waals surface area contributed by atoms with Gasteiger partial charge >= 0.3 is 5.97 Å². The van der Waals surface area contributed by atoms with E-state index in [0.29, 0.717) is 22.1 Å². The van der Waals surface area contributed by atoms with Gasteiger partial charge in [-0.25, -0.2) is 4.79 Å². The summed E-state index contributed by atoms with van der Waals surface area (Å²) in [4.78, 5) is 39.3. The van der Waals surface area contributed by atoms with E-state index in [1.165, 1.54) is 28.4 Å². The summed E-state index contributed by atoms with van der Waals surface area (Å²) in [6.45, 7) is 0. The summed E-state index contributed by atoms with van der Waals surface area (Å²) < 4.78 is 0. The van der Waals surface area contributed by atoms with E-state index in [0.717, 1.165) is 10.5 Å². The molecule has 160 valence electrons. The van der Waals surface area contributed by atoms with Crippen LogP contribution < -0.4 is 5.32 Å². The van der Waals surface area contributed by atoms with Crippen LogP contribution in [0.3, 0.4) is 0 Å². The molecule has 0 bridgehead atoms. The third-order valence-corrected chi connectivity index (χ3v) is 7.69. The van der Waals surface area contributed by atoms with E-state index in [1.54, 1.807) is 12.1 Å². The first kappa shape index (κ1) is 21.8. The van der Waals surface area contributed by atoms with Gasteiger partial charge in [0.05, 0.1) is 6.42 Å². The summed E-state index contributed by atoms with van der Waals surface area (Å²) in [5.74, 6) is -0.821. The maximum atomic E-state index is 12.7. The van der Waals surface area contributed by atoms with Crippen LogP contribution >= 0.6 is 35.1 Å². The minimum absolute atomic E-state index is 0.0313. The van der Waals surface area contributed by atoms with Gasteiger partial charge in [0.15, 0.2) is 0 Å². The SMILES string of the molecule is O=C(Cc1ccccc1)NC1C(=O)N2C(C(=O)O)=C(CSc3ccc(Cl)cc3)CS[C@@H]12. The number of β-lactam (4-membered cyclic amide) rings is 1. The van der Waals surface area contributed by atoms with E-state index in [4.69, 9.17) is 11.6 Å². The molecule has 2 N–H and O–H groups in total. The number of thioether (sulfide) groups is 2. The van der Waals surface area contributed by atoms with Gasteiger partial charge in [0.1, 0.15) is 17.1 Å². The highest BCUT2D eigenvalue weighted by atomic mass is 35.5. The molecule has 2 amide bonds. The number of hydrogen-bond donors (Lipinski definition) is 2. The molecule has 9 heteroatoms. The number of halogens is 1. The van der Waals surface area contributed by atoms with Crippen LogP contribution in [0.4, 0.5) is 0 Å². The monoisotopic (exact) mass is 474 g/mol. The predicted octanol–water partition coefficient (Wildman–Crippen LogP) is 3.41. The van der Waals surface area contributed by atoms with E-state index in [9.17, 15) is 19.5 Å². The standard InChI is InChI=1S/C22H19ClN2O4S2/c23-15-6-8-16(9-7-15)30-11-14-12-31-21-18(20(27)25(21)19(14)22(28)29)24-17(26)10-13-4-2-1-3-5-13/h1-9,18,21H,10-12H2,(H,24,26)(H,28,29)/t18?,21-/m0/s1. The Morgan fingerprint density at radius 1 is 1.16 bits per heavy atom. The summed E-state index contributed by atoms with van der Waals surface area (Å²) >= 11 is 8.88. The van der Waals surface area contributed by atoms with Crippen molar-refractivity contribution >= 4 is 52.9 Å². The van der Waals surface area contributed by atoms with Crippen molar-refractivity contribution in [3.63, 3.8) is 0 Å². The van der Waals surface area contributed by atoms with E-state index in [2.05, 4.69) is 5.32 Å². The molecule has 1 unspecified atom stereocenters. The van der Waals surface area contributed by atoms with Crippen LogP contribution in [0.5, 0.6) is 0 Å². The quantitative estimate of drug-likeness (QED) is 0.472. The summed E-state index contributed by atoms with van der Waals surface area (Å²) in [6.07, 6.45) is 0.173. The lowest BCUT2D eigenvalue weighted by molar-refractivity contribution is -0.150. The number of carboxylic acid groups (broad SMARTS) is 1. The Kier molecular flexibility index (Phi) is 6.60. The molecular formula is C22H19ClN2O4S2. The van der Waals surface area contributed by atoms with Gasteiger partial charge in [-0.3, -0.25) is 14.5 Å². The van der Waals surface area contributed by atoms with Crippen molar-refractivity contribution in [2.24, 2.45) is 0 Å². The number of nitrogens with zero attached hydrogens (tertiary/aromatic N) is 1. The van der Waals surface area contributed by atoms with Gasteiger partial charge in [-0.15, -0.1) is 23.5 Å². The van der Waals surface area contributed by atoms with Crippen LogP contribution in [0.15, 0.2) is 70.8 Å². The number of aliphatic carboxylic acids is 1. The van der Waals surface area contributed by atoms with E-state index in [1.807, 2.05) is 42.5 Å². The fraction of sp³-hybridized carbons (Fsp3) is 0.227. The van der Waals surface area contributed by atoms with E-state index in [-0.39, 0.29) is 23.9 Å². The molecule has 1 fully saturated rings. The van der Waals surface area contributed by atoms with Gasteiger partial charge in [-0.1, -0.05) is 41.9 Å². The lowest BCUT2D eigenvalue weighted by Gasteiger charge is -2.49. The van der Waals surface area contributed by atoms with E-state index < -0.39 is 17.4 Å².